The van der Waals surface area contributed by atoms with Crippen molar-refractivity contribution < 1.29 is 18.4 Å². The van der Waals surface area contributed by atoms with E-state index in [0.717, 1.165) is 18.2 Å². The van der Waals surface area contributed by atoms with Crippen molar-refractivity contribution in [2.45, 2.75) is 25.8 Å². The number of hydrogen-bond donors (Lipinski definition) is 0. The summed E-state index contributed by atoms with van der Waals surface area (Å²) in [4.78, 5) is 30.4. The van der Waals surface area contributed by atoms with Gasteiger partial charge in [-0.15, -0.1) is 0 Å². The number of nitrogens with zero attached hydrogens (tertiary/aromatic N) is 4. The maximum atomic E-state index is 13.8. The van der Waals surface area contributed by atoms with Crippen molar-refractivity contribution in [3.05, 3.63) is 48.1 Å². The highest BCUT2D eigenvalue weighted by Gasteiger charge is 2.31. The van der Waals surface area contributed by atoms with Gasteiger partial charge in [0.1, 0.15) is 30.3 Å². The molecule has 3 rings (SSSR count). The molecular formula is C17H18F2N4O2. The van der Waals surface area contributed by atoms with E-state index < -0.39 is 29.4 Å². The van der Waals surface area contributed by atoms with Gasteiger partial charge in [-0.3, -0.25) is 9.59 Å². The zero-order valence-corrected chi connectivity index (χ0v) is 13.7. The number of hydrogen-bond acceptors (Lipinski definition) is 4. The molecule has 0 saturated carbocycles. The zero-order chi connectivity index (χ0) is 18.0. The molecule has 1 amide bonds. The maximum absolute atomic E-state index is 13.8. The number of aromatic nitrogens is 3. The summed E-state index contributed by atoms with van der Waals surface area (Å²) >= 11 is 0. The van der Waals surface area contributed by atoms with Crippen LogP contribution in [0.25, 0.3) is 0 Å². The average Bonchev–Trinajstić information content (AvgIpc) is 3.16. The molecule has 2 heterocycles. The van der Waals surface area contributed by atoms with Crippen LogP contribution in [0.1, 0.15) is 36.2 Å². The number of likely N-dealkylation sites (tertiary alicyclic amines) is 1. The first-order chi connectivity index (χ1) is 12.0. The van der Waals surface area contributed by atoms with E-state index in [0.29, 0.717) is 25.9 Å². The van der Waals surface area contributed by atoms with Crippen LogP contribution in [0.5, 0.6) is 0 Å². The third-order valence-corrected chi connectivity index (χ3v) is 4.56. The van der Waals surface area contributed by atoms with Crippen LogP contribution in [0.15, 0.2) is 30.9 Å². The van der Waals surface area contributed by atoms with Gasteiger partial charge in [0.05, 0.1) is 5.56 Å². The quantitative estimate of drug-likeness (QED) is 0.795. The molecule has 1 saturated heterocycles. The second-order valence-electron chi connectivity index (χ2n) is 6.14. The number of ketones is 1. The molecule has 2 aromatic rings. The Morgan fingerprint density at radius 3 is 2.60 bits per heavy atom. The summed E-state index contributed by atoms with van der Waals surface area (Å²) in [7, 11) is 0. The highest BCUT2D eigenvalue weighted by Crippen LogP contribution is 2.25. The largest absolute Gasteiger partial charge is 0.341 e. The molecule has 6 nitrogen and oxygen atoms in total. The van der Waals surface area contributed by atoms with E-state index in [2.05, 4.69) is 10.1 Å². The molecule has 0 bridgehead atoms. The van der Waals surface area contributed by atoms with Crippen LogP contribution in [0, 0.1) is 17.6 Å². The lowest BCUT2D eigenvalue weighted by Crippen LogP contribution is -2.43. The van der Waals surface area contributed by atoms with Crippen LogP contribution in [0.2, 0.25) is 0 Å². The predicted octanol–water partition coefficient (Wildman–Crippen LogP) is 2.24. The molecule has 1 aromatic heterocycles. The Bertz CT molecular complexity index is 771. The molecule has 1 atom stereocenters. The van der Waals surface area contributed by atoms with E-state index >= 15 is 0 Å². The van der Waals surface area contributed by atoms with Gasteiger partial charge in [0, 0.05) is 19.0 Å². The van der Waals surface area contributed by atoms with Gasteiger partial charge in [-0.1, -0.05) is 0 Å². The lowest BCUT2D eigenvalue weighted by molar-refractivity contribution is -0.135. The van der Waals surface area contributed by atoms with Crippen molar-refractivity contribution in [2.75, 3.05) is 13.1 Å². The van der Waals surface area contributed by atoms with Crippen LogP contribution >= 0.6 is 0 Å². The molecule has 25 heavy (non-hydrogen) atoms. The van der Waals surface area contributed by atoms with Crippen molar-refractivity contribution in [3.63, 3.8) is 0 Å². The topological polar surface area (TPSA) is 68.1 Å². The molecule has 8 heteroatoms. The highest BCUT2D eigenvalue weighted by atomic mass is 19.1. The van der Waals surface area contributed by atoms with Gasteiger partial charge >= 0.3 is 0 Å². The van der Waals surface area contributed by atoms with Crippen molar-refractivity contribution in [1.29, 1.82) is 0 Å². The fourth-order valence-corrected chi connectivity index (χ4v) is 3.06. The molecule has 1 aromatic carbocycles. The van der Waals surface area contributed by atoms with E-state index in [1.54, 1.807) is 11.8 Å². The monoisotopic (exact) mass is 348 g/mol. The van der Waals surface area contributed by atoms with Crippen LogP contribution in [-0.4, -0.2) is 44.4 Å². The van der Waals surface area contributed by atoms with Crippen LogP contribution in [0.4, 0.5) is 8.78 Å². The molecular weight excluding hydrogens is 330 g/mol. The fourth-order valence-electron chi connectivity index (χ4n) is 3.06. The number of piperidine rings is 1. The lowest BCUT2D eigenvalue weighted by atomic mass is 9.88. The smallest absolute Gasteiger partial charge is 0.247 e. The summed E-state index contributed by atoms with van der Waals surface area (Å²) in [6.45, 7) is 2.52. The minimum Gasteiger partial charge on any atom is -0.341 e. The molecule has 1 aliphatic rings. The van der Waals surface area contributed by atoms with Crippen LogP contribution < -0.4 is 0 Å². The van der Waals surface area contributed by atoms with Crippen molar-refractivity contribution in [1.82, 2.24) is 19.7 Å². The molecule has 0 N–H and O–H groups in total. The molecule has 0 unspecified atom stereocenters. The summed E-state index contributed by atoms with van der Waals surface area (Å²) < 4.78 is 28.5. The van der Waals surface area contributed by atoms with Crippen molar-refractivity contribution in [3.8, 4) is 0 Å². The molecule has 0 radical (unpaired) electrons. The number of amides is 1. The van der Waals surface area contributed by atoms with E-state index in [4.69, 9.17) is 0 Å². The van der Waals surface area contributed by atoms with Crippen LogP contribution in [0.3, 0.4) is 0 Å². The Morgan fingerprint density at radius 2 is 1.96 bits per heavy atom. The standard InChI is InChI=1S/C17H18F2N4O2/c1-11(23-10-20-9-21-23)17(25)22-6-4-12(5-7-22)16(24)14-8-13(18)2-3-15(14)19/h2-3,8-12H,4-7H2,1H3/t11-/m1/s1. The molecule has 1 aliphatic heterocycles. The number of Topliss-reactive ketones (excluding diaryl/α,β-unsaturated/α-hetero) is 1. The Balaban J connectivity index is 1.62. The Labute approximate surface area is 143 Å². The summed E-state index contributed by atoms with van der Waals surface area (Å²) in [5.41, 5.74) is -0.222. The SMILES string of the molecule is C[C@H](C(=O)N1CCC(C(=O)c2cc(F)ccc2F)CC1)n1cncn1. The predicted molar refractivity (Wildman–Crippen MR) is 84.7 cm³/mol. The van der Waals surface area contributed by atoms with Gasteiger partial charge in [-0.25, -0.2) is 18.4 Å². The summed E-state index contributed by atoms with van der Waals surface area (Å²) in [5, 5.41) is 3.96. The third-order valence-electron chi connectivity index (χ3n) is 4.56. The van der Waals surface area contributed by atoms with Crippen molar-refractivity contribution >= 4 is 11.7 Å². The second-order valence-corrected chi connectivity index (χ2v) is 6.14. The molecule has 1 fully saturated rings. The van der Waals surface area contributed by atoms with Gasteiger partial charge in [-0.2, -0.15) is 5.10 Å². The highest BCUT2D eigenvalue weighted by molar-refractivity contribution is 5.98. The maximum Gasteiger partial charge on any atom is 0.247 e. The molecule has 0 spiro atoms. The van der Waals surface area contributed by atoms with Gasteiger partial charge in [0.2, 0.25) is 5.91 Å². The minimum absolute atomic E-state index is 0.103. The third kappa shape index (κ3) is 3.57. The lowest BCUT2D eigenvalue weighted by Gasteiger charge is -2.33. The van der Waals surface area contributed by atoms with Crippen LogP contribution in [-0.2, 0) is 4.79 Å². The number of rotatable bonds is 4. The number of halogens is 2. The Hall–Kier alpha value is -2.64. The summed E-state index contributed by atoms with van der Waals surface area (Å²) in [6, 6.07) is 2.40. The second kappa shape index (κ2) is 7.08. The van der Waals surface area contributed by atoms with Gasteiger partial charge in [-0.05, 0) is 38.0 Å². The number of carbonyl (C=O) groups excluding carboxylic acids is 2. The number of carbonyl (C=O) groups is 2. The first-order valence-corrected chi connectivity index (χ1v) is 8.09. The fraction of sp³-hybridized carbons (Fsp3) is 0.412. The minimum atomic E-state index is -0.718. The van der Waals surface area contributed by atoms with E-state index in [-0.39, 0.29) is 11.5 Å². The van der Waals surface area contributed by atoms with E-state index in [1.807, 2.05) is 0 Å². The average molecular weight is 348 g/mol. The van der Waals surface area contributed by atoms with Gasteiger partial charge < -0.3 is 4.90 Å². The normalized spacial score (nSPS) is 16.7. The molecule has 0 aliphatic carbocycles. The summed E-state index contributed by atoms with van der Waals surface area (Å²) in [6.07, 6.45) is 3.68. The zero-order valence-electron chi connectivity index (χ0n) is 13.7. The summed E-state index contributed by atoms with van der Waals surface area (Å²) in [5.74, 6) is -2.28. The van der Waals surface area contributed by atoms with E-state index in [1.165, 1.54) is 17.3 Å². The first kappa shape index (κ1) is 17.2. The number of benzene rings is 1. The van der Waals surface area contributed by atoms with Gasteiger partial charge in [0.25, 0.3) is 0 Å². The first-order valence-electron chi connectivity index (χ1n) is 8.09. The van der Waals surface area contributed by atoms with Crippen molar-refractivity contribution in [2.24, 2.45) is 5.92 Å². The van der Waals surface area contributed by atoms with E-state index in [9.17, 15) is 18.4 Å². The Morgan fingerprint density at radius 1 is 1.24 bits per heavy atom. The Kier molecular flexibility index (Phi) is 4.87. The van der Waals surface area contributed by atoms with Gasteiger partial charge in [0.15, 0.2) is 5.78 Å². The molecule has 132 valence electrons.